The highest BCUT2D eigenvalue weighted by Crippen LogP contribution is 2.17. The molecule has 23 heavy (non-hydrogen) atoms. The maximum atomic E-state index is 13.6. The largest absolute Gasteiger partial charge is 0.352 e. The highest BCUT2D eigenvalue weighted by atomic mass is 32.1. The molecule has 3 aromatic rings. The zero-order valence-electron chi connectivity index (χ0n) is 12.0. The fourth-order valence-corrected chi connectivity index (χ4v) is 2.61. The summed E-state index contributed by atoms with van der Waals surface area (Å²) in [5, 5.41) is 2.70. The van der Waals surface area contributed by atoms with Crippen molar-refractivity contribution in [2.45, 2.75) is 6.42 Å². The Bertz CT molecular complexity index is 932. The molecule has 0 aliphatic rings. The number of nitrogens with one attached hydrogen (secondary N) is 3. The molecule has 2 aromatic carbocycles. The number of benzene rings is 2. The van der Waals surface area contributed by atoms with Gasteiger partial charge in [-0.1, -0.05) is 12.1 Å². The Morgan fingerprint density at radius 3 is 2.74 bits per heavy atom. The van der Waals surface area contributed by atoms with E-state index in [1.165, 1.54) is 18.2 Å². The first-order valence-electron chi connectivity index (χ1n) is 6.97. The Kier molecular flexibility index (Phi) is 4.20. The van der Waals surface area contributed by atoms with Gasteiger partial charge in [-0.05, 0) is 48.5 Å². The molecule has 1 heterocycles. The lowest BCUT2D eigenvalue weighted by Gasteiger charge is -2.07. The van der Waals surface area contributed by atoms with Crippen molar-refractivity contribution in [1.29, 1.82) is 0 Å². The second kappa shape index (κ2) is 6.29. The van der Waals surface area contributed by atoms with Gasteiger partial charge in [-0.3, -0.25) is 4.79 Å². The van der Waals surface area contributed by atoms with Crippen LogP contribution < -0.4 is 5.32 Å². The molecular formula is C16H13F2N3OS. The van der Waals surface area contributed by atoms with Crippen molar-refractivity contribution in [3.63, 3.8) is 0 Å². The molecule has 118 valence electrons. The van der Waals surface area contributed by atoms with Crippen molar-refractivity contribution in [2.75, 3.05) is 6.54 Å². The van der Waals surface area contributed by atoms with E-state index < -0.39 is 11.7 Å². The van der Waals surface area contributed by atoms with Crippen LogP contribution in [0.1, 0.15) is 15.9 Å². The van der Waals surface area contributed by atoms with Gasteiger partial charge in [-0.15, -0.1) is 0 Å². The highest BCUT2D eigenvalue weighted by Gasteiger charge is 2.13. The number of carbonyl (C=O) groups excluding carboxylic acids is 1. The molecule has 0 saturated heterocycles. The van der Waals surface area contributed by atoms with Gasteiger partial charge in [0.2, 0.25) is 0 Å². The molecule has 0 fully saturated rings. The summed E-state index contributed by atoms with van der Waals surface area (Å²) in [4.78, 5) is 17.9. The van der Waals surface area contributed by atoms with E-state index in [1.54, 1.807) is 12.1 Å². The molecule has 0 spiro atoms. The summed E-state index contributed by atoms with van der Waals surface area (Å²) in [6.45, 7) is 0.311. The van der Waals surface area contributed by atoms with E-state index in [4.69, 9.17) is 12.2 Å². The van der Waals surface area contributed by atoms with E-state index in [1.807, 2.05) is 0 Å². The van der Waals surface area contributed by atoms with Crippen molar-refractivity contribution in [3.05, 3.63) is 63.9 Å². The molecule has 0 bridgehead atoms. The molecular weight excluding hydrogens is 320 g/mol. The van der Waals surface area contributed by atoms with Crippen LogP contribution in [0.2, 0.25) is 0 Å². The molecule has 0 atom stereocenters. The SMILES string of the molecule is O=C(NCCc1cccc(F)c1)c1cc(F)cc2[nH]c(=S)[nH]c12. The summed E-state index contributed by atoms with van der Waals surface area (Å²) in [6.07, 6.45) is 0.477. The average molecular weight is 333 g/mol. The summed E-state index contributed by atoms with van der Waals surface area (Å²) in [5.41, 5.74) is 1.84. The van der Waals surface area contributed by atoms with E-state index in [9.17, 15) is 13.6 Å². The first-order chi connectivity index (χ1) is 11.0. The number of carbonyl (C=O) groups is 1. The van der Waals surface area contributed by atoms with E-state index >= 15 is 0 Å². The summed E-state index contributed by atoms with van der Waals surface area (Å²) >= 11 is 4.97. The van der Waals surface area contributed by atoms with Crippen LogP contribution in [0.5, 0.6) is 0 Å². The smallest absolute Gasteiger partial charge is 0.253 e. The Balaban J connectivity index is 1.75. The van der Waals surface area contributed by atoms with Gasteiger partial charge in [0.25, 0.3) is 5.91 Å². The standard InChI is InChI=1S/C16H13F2N3OS/c17-10-3-1-2-9(6-10)4-5-19-15(22)12-7-11(18)8-13-14(12)21-16(23)20-13/h1-3,6-8H,4-5H2,(H,19,22)(H2,20,21,23). The maximum absolute atomic E-state index is 13.6. The van der Waals surface area contributed by atoms with E-state index in [-0.39, 0.29) is 11.4 Å². The van der Waals surface area contributed by atoms with Crippen molar-refractivity contribution >= 4 is 29.2 Å². The van der Waals surface area contributed by atoms with Crippen molar-refractivity contribution < 1.29 is 13.6 Å². The van der Waals surface area contributed by atoms with Crippen LogP contribution in [0.3, 0.4) is 0 Å². The number of hydrogen-bond donors (Lipinski definition) is 3. The van der Waals surface area contributed by atoms with Crippen molar-refractivity contribution in [2.24, 2.45) is 0 Å². The van der Waals surface area contributed by atoms with Gasteiger partial charge in [-0.25, -0.2) is 8.78 Å². The van der Waals surface area contributed by atoms with Gasteiger partial charge < -0.3 is 15.3 Å². The first-order valence-corrected chi connectivity index (χ1v) is 7.38. The summed E-state index contributed by atoms with van der Waals surface area (Å²) in [7, 11) is 0. The van der Waals surface area contributed by atoms with Crippen LogP contribution in [0.25, 0.3) is 11.0 Å². The van der Waals surface area contributed by atoms with Gasteiger partial charge in [0.05, 0.1) is 16.6 Å². The fraction of sp³-hybridized carbons (Fsp3) is 0.125. The molecule has 1 aromatic heterocycles. The maximum Gasteiger partial charge on any atom is 0.253 e. The van der Waals surface area contributed by atoms with E-state index in [0.717, 1.165) is 11.6 Å². The molecule has 3 rings (SSSR count). The van der Waals surface area contributed by atoms with E-state index in [0.29, 0.717) is 28.8 Å². The Morgan fingerprint density at radius 2 is 1.96 bits per heavy atom. The second-order valence-electron chi connectivity index (χ2n) is 5.09. The lowest BCUT2D eigenvalue weighted by Crippen LogP contribution is -2.26. The average Bonchev–Trinajstić information content (AvgIpc) is 2.86. The predicted molar refractivity (Wildman–Crippen MR) is 85.9 cm³/mol. The molecule has 1 amide bonds. The van der Waals surface area contributed by atoms with Crippen LogP contribution in [0, 0.1) is 16.4 Å². The number of imidazole rings is 1. The lowest BCUT2D eigenvalue weighted by atomic mass is 10.1. The van der Waals surface area contributed by atoms with Crippen LogP contribution in [-0.4, -0.2) is 22.4 Å². The van der Waals surface area contributed by atoms with Gasteiger partial charge in [-0.2, -0.15) is 0 Å². The quantitative estimate of drug-likeness (QED) is 0.640. The monoisotopic (exact) mass is 333 g/mol. The molecule has 0 aliphatic carbocycles. The van der Waals surface area contributed by atoms with Crippen LogP contribution in [0.4, 0.5) is 8.78 Å². The number of fused-ring (bicyclic) bond motifs is 1. The predicted octanol–water partition coefficient (Wildman–Crippen LogP) is 3.48. The number of hydrogen-bond acceptors (Lipinski definition) is 2. The number of H-pyrrole nitrogens is 2. The third kappa shape index (κ3) is 3.45. The van der Waals surface area contributed by atoms with Crippen molar-refractivity contribution in [1.82, 2.24) is 15.3 Å². The molecule has 3 N–H and O–H groups in total. The lowest BCUT2D eigenvalue weighted by molar-refractivity contribution is 0.0955. The minimum Gasteiger partial charge on any atom is -0.352 e. The number of halogens is 2. The number of aromatic amines is 2. The number of amides is 1. The Labute approximate surface area is 135 Å². The molecule has 0 aliphatic heterocycles. The normalized spacial score (nSPS) is 10.9. The van der Waals surface area contributed by atoms with Gasteiger partial charge >= 0.3 is 0 Å². The van der Waals surface area contributed by atoms with Gasteiger partial charge in [0.1, 0.15) is 11.6 Å². The molecule has 0 saturated carbocycles. The summed E-state index contributed by atoms with van der Waals surface area (Å²) in [5.74, 6) is -1.27. The second-order valence-corrected chi connectivity index (χ2v) is 5.50. The highest BCUT2D eigenvalue weighted by molar-refractivity contribution is 7.71. The Hall–Kier alpha value is -2.54. The third-order valence-corrected chi connectivity index (χ3v) is 3.63. The first kappa shape index (κ1) is 15.4. The minimum absolute atomic E-state index is 0.173. The molecule has 0 radical (unpaired) electrons. The topological polar surface area (TPSA) is 60.7 Å². The number of rotatable bonds is 4. The summed E-state index contributed by atoms with van der Waals surface area (Å²) in [6, 6.07) is 8.58. The third-order valence-electron chi connectivity index (χ3n) is 3.42. The van der Waals surface area contributed by atoms with Crippen LogP contribution in [-0.2, 0) is 6.42 Å². The minimum atomic E-state index is -0.530. The fourth-order valence-electron chi connectivity index (χ4n) is 2.39. The zero-order chi connectivity index (χ0) is 16.4. The van der Waals surface area contributed by atoms with Crippen LogP contribution >= 0.6 is 12.2 Å². The van der Waals surface area contributed by atoms with E-state index in [2.05, 4.69) is 15.3 Å². The van der Waals surface area contributed by atoms with Gasteiger partial charge in [0, 0.05) is 6.54 Å². The summed E-state index contributed by atoms with van der Waals surface area (Å²) < 4.78 is 27.0. The molecule has 4 nitrogen and oxygen atoms in total. The Morgan fingerprint density at radius 1 is 1.13 bits per heavy atom. The van der Waals surface area contributed by atoms with Crippen LogP contribution in [0.15, 0.2) is 36.4 Å². The van der Waals surface area contributed by atoms with Gasteiger partial charge in [0.15, 0.2) is 4.77 Å². The zero-order valence-corrected chi connectivity index (χ0v) is 12.8. The number of aromatic nitrogens is 2. The molecule has 7 heteroatoms. The molecule has 0 unspecified atom stereocenters. The van der Waals surface area contributed by atoms with Crippen molar-refractivity contribution in [3.8, 4) is 0 Å².